The molecule has 0 radical (unpaired) electrons. The highest BCUT2D eigenvalue weighted by Crippen LogP contribution is 2.46. The molecule has 5 nitrogen and oxygen atoms in total. The first kappa shape index (κ1) is 17.9. The van der Waals surface area contributed by atoms with Crippen LogP contribution < -0.4 is 0 Å². The van der Waals surface area contributed by atoms with Crippen LogP contribution in [0.3, 0.4) is 0 Å². The van der Waals surface area contributed by atoms with E-state index in [9.17, 15) is 19.4 Å². The van der Waals surface area contributed by atoms with Crippen LogP contribution in [0.25, 0.3) is 0 Å². The largest absolute Gasteiger partial charge is 0.507 e. The molecule has 1 rings (SSSR count). The topological polar surface area (TPSA) is 83.8 Å². The smallest absolute Gasteiger partial charge is 0.317 e. The highest BCUT2D eigenvalue weighted by molar-refractivity contribution is 7.32. The van der Waals surface area contributed by atoms with Gasteiger partial charge in [-0.1, -0.05) is 33.8 Å². The van der Waals surface area contributed by atoms with Gasteiger partial charge in [-0.2, -0.15) is 0 Å². The van der Waals surface area contributed by atoms with Crippen LogP contribution in [0.4, 0.5) is 0 Å². The molecule has 0 fully saturated rings. The summed E-state index contributed by atoms with van der Waals surface area (Å²) in [5, 5.41) is 9.76. The van der Waals surface area contributed by atoms with Crippen LogP contribution in [0.5, 0.6) is 5.75 Å². The van der Waals surface area contributed by atoms with Gasteiger partial charge in [-0.25, -0.2) is 0 Å². The second kappa shape index (κ2) is 6.73. The Labute approximate surface area is 125 Å². The number of carbonyl (C=O) groups is 1. The zero-order valence-electron chi connectivity index (χ0n) is 13.0. The molecule has 1 aromatic rings. The number of benzene rings is 1. The van der Waals surface area contributed by atoms with Gasteiger partial charge in [0.05, 0.1) is 5.56 Å². The van der Waals surface area contributed by atoms with E-state index >= 15 is 0 Å². The van der Waals surface area contributed by atoms with Crippen LogP contribution in [0.2, 0.25) is 0 Å². The second-order valence-corrected chi connectivity index (χ2v) is 6.49. The maximum absolute atomic E-state index is 11.6. The van der Waals surface area contributed by atoms with Gasteiger partial charge < -0.3 is 10.00 Å². The summed E-state index contributed by atoms with van der Waals surface area (Å²) < 4.78 is 16.8. The highest BCUT2D eigenvalue weighted by Gasteiger charge is 2.42. The predicted octanol–water partition coefficient (Wildman–Crippen LogP) is 3.50. The maximum Gasteiger partial charge on any atom is 0.317 e. The van der Waals surface area contributed by atoms with Crippen molar-refractivity contribution in [3.05, 3.63) is 29.3 Å². The van der Waals surface area contributed by atoms with Gasteiger partial charge in [-0.3, -0.25) is 13.9 Å². The molecule has 1 unspecified atom stereocenters. The number of hydrogen-bond acceptors (Lipinski definition) is 4. The van der Waals surface area contributed by atoms with Gasteiger partial charge in [0, 0.05) is 0 Å². The van der Waals surface area contributed by atoms with E-state index in [2.05, 4.69) is 0 Å². The van der Waals surface area contributed by atoms with Crippen LogP contribution in [-0.2, 0) is 14.7 Å². The molecular weight excluding hydrogens is 291 g/mol. The summed E-state index contributed by atoms with van der Waals surface area (Å²) >= 11 is 0. The summed E-state index contributed by atoms with van der Waals surface area (Å²) in [5.41, 5.74) is -0.204. The fourth-order valence-electron chi connectivity index (χ4n) is 2.83. The lowest BCUT2D eigenvalue weighted by atomic mass is 9.74. The van der Waals surface area contributed by atoms with Crippen molar-refractivity contribution in [2.24, 2.45) is 11.8 Å². The van der Waals surface area contributed by atoms with Crippen LogP contribution in [0.1, 0.15) is 50.5 Å². The van der Waals surface area contributed by atoms with Crippen molar-refractivity contribution in [1.82, 2.24) is 0 Å². The first-order chi connectivity index (χ1) is 9.62. The van der Waals surface area contributed by atoms with Gasteiger partial charge in [0.25, 0.3) is 0 Å². The number of aromatic hydroxyl groups is 1. The Morgan fingerprint density at radius 3 is 2.14 bits per heavy atom. The number of ketones is 1. The molecule has 0 saturated heterocycles. The number of hydrogen-bond donors (Lipinski definition) is 2. The van der Waals surface area contributed by atoms with E-state index in [0.29, 0.717) is 5.56 Å². The predicted molar refractivity (Wildman–Crippen MR) is 81.8 cm³/mol. The average Bonchev–Trinajstić information content (AvgIpc) is 2.35. The van der Waals surface area contributed by atoms with Crippen molar-refractivity contribution in [2.45, 2.75) is 40.2 Å². The lowest BCUT2D eigenvalue weighted by Gasteiger charge is -2.40. The molecule has 0 aliphatic carbocycles. The molecule has 0 heterocycles. The van der Waals surface area contributed by atoms with Crippen LogP contribution in [-0.4, -0.2) is 15.8 Å². The van der Waals surface area contributed by atoms with Crippen molar-refractivity contribution in [3.63, 3.8) is 0 Å². The van der Waals surface area contributed by atoms with Crippen LogP contribution in [0, 0.1) is 11.8 Å². The summed E-state index contributed by atoms with van der Waals surface area (Å²) in [4.78, 5) is 20.9. The summed E-state index contributed by atoms with van der Waals surface area (Å²) in [7, 11) is -3.17. The molecule has 0 bridgehead atoms. The number of phenolic OH excluding ortho intramolecular Hbond substituents is 1. The Morgan fingerprint density at radius 1 is 1.24 bits per heavy atom. The second-order valence-electron chi connectivity index (χ2n) is 5.76. The van der Waals surface area contributed by atoms with Crippen LogP contribution in [0.15, 0.2) is 18.2 Å². The van der Waals surface area contributed by atoms with E-state index in [-0.39, 0.29) is 28.9 Å². The van der Waals surface area contributed by atoms with Gasteiger partial charge in [-0.05, 0) is 36.5 Å². The fraction of sp³-hybridized carbons (Fsp3) is 0.533. The lowest BCUT2D eigenvalue weighted by Crippen LogP contribution is -2.39. The normalized spacial score (nSPS) is 13.7. The van der Waals surface area contributed by atoms with Gasteiger partial charge >= 0.3 is 8.25 Å². The van der Waals surface area contributed by atoms with E-state index in [4.69, 9.17) is 4.52 Å². The van der Waals surface area contributed by atoms with Crippen molar-refractivity contribution < 1.29 is 23.9 Å². The van der Waals surface area contributed by atoms with Gasteiger partial charge in [0.2, 0.25) is 0 Å². The highest BCUT2D eigenvalue weighted by atomic mass is 31.1. The molecule has 1 atom stereocenters. The molecule has 21 heavy (non-hydrogen) atoms. The van der Waals surface area contributed by atoms with E-state index in [1.54, 1.807) is 12.1 Å². The Balaban J connectivity index is 3.56. The van der Waals surface area contributed by atoms with Crippen molar-refractivity contribution in [3.8, 4) is 5.75 Å². The molecule has 6 heteroatoms. The average molecular weight is 314 g/mol. The minimum absolute atomic E-state index is 0.0945. The van der Waals surface area contributed by atoms with E-state index in [0.717, 1.165) is 0 Å². The summed E-state index contributed by atoms with van der Waals surface area (Å²) in [6.45, 7) is 8.94. The SMILES string of the molecule is CC(=O)c1cc(C(O[PH](=O)O)(C(C)C)C(C)C)ccc1O. The number of Topliss-reactive ketones (excluding diaryl/α,β-unsaturated/α-hetero) is 1. The zero-order valence-corrected chi connectivity index (χ0v) is 14.0. The minimum atomic E-state index is -3.17. The Hall–Kier alpha value is -1.16. The van der Waals surface area contributed by atoms with E-state index in [1.165, 1.54) is 13.0 Å². The van der Waals surface area contributed by atoms with Gasteiger partial charge in [-0.15, -0.1) is 0 Å². The summed E-state index contributed by atoms with van der Waals surface area (Å²) in [6, 6.07) is 4.60. The monoisotopic (exact) mass is 314 g/mol. The summed E-state index contributed by atoms with van der Waals surface area (Å²) in [6.07, 6.45) is 0. The van der Waals surface area contributed by atoms with E-state index in [1.807, 2.05) is 27.7 Å². The fourth-order valence-corrected chi connectivity index (χ4v) is 3.71. The molecule has 0 spiro atoms. The molecule has 118 valence electrons. The molecule has 2 N–H and O–H groups in total. The quantitative estimate of drug-likeness (QED) is 0.620. The molecule has 0 aliphatic heterocycles. The van der Waals surface area contributed by atoms with Gasteiger partial charge in [0.1, 0.15) is 11.4 Å². The number of phenols is 1. The standard InChI is InChI=1S/C15H23O5P/c1-9(2)15(10(3)4,20-21(18)19)12-6-7-14(17)13(8-12)11(5)16/h6-10,17,21H,1-5H3,(H,18,19). The lowest BCUT2D eigenvalue weighted by molar-refractivity contribution is -0.0285. The Bertz CT molecular complexity index is 543. The van der Waals surface area contributed by atoms with E-state index < -0.39 is 13.9 Å². The maximum atomic E-state index is 11.6. The molecule has 1 aromatic carbocycles. The third-order valence-electron chi connectivity index (χ3n) is 3.80. The van der Waals surface area contributed by atoms with Crippen LogP contribution >= 0.6 is 8.25 Å². The third kappa shape index (κ3) is 3.54. The molecule has 0 aromatic heterocycles. The molecular formula is C15H23O5P. The first-order valence-electron chi connectivity index (χ1n) is 6.89. The Morgan fingerprint density at radius 2 is 1.76 bits per heavy atom. The van der Waals surface area contributed by atoms with Crippen molar-refractivity contribution in [2.75, 3.05) is 0 Å². The Kier molecular flexibility index (Phi) is 5.74. The molecule has 0 aliphatic rings. The zero-order chi connectivity index (χ0) is 16.4. The van der Waals surface area contributed by atoms with Crippen molar-refractivity contribution in [1.29, 1.82) is 0 Å². The minimum Gasteiger partial charge on any atom is -0.507 e. The molecule has 0 saturated carbocycles. The summed E-state index contributed by atoms with van der Waals surface area (Å²) in [5.74, 6) is -0.567. The number of carbonyl (C=O) groups excluding carboxylic acids is 1. The van der Waals surface area contributed by atoms with Gasteiger partial charge in [0.15, 0.2) is 5.78 Å². The first-order valence-corrected chi connectivity index (χ1v) is 8.15. The third-order valence-corrected chi connectivity index (χ3v) is 4.31. The number of rotatable bonds is 6. The van der Waals surface area contributed by atoms with Crippen molar-refractivity contribution >= 4 is 14.0 Å². The molecule has 0 amide bonds.